The Kier molecular flexibility index (Phi) is 4.13. The van der Waals surface area contributed by atoms with E-state index in [2.05, 4.69) is 5.32 Å². The molecule has 0 radical (unpaired) electrons. The normalized spacial score (nSPS) is 16.7. The Morgan fingerprint density at radius 2 is 1.90 bits per heavy atom. The zero-order valence-corrected chi connectivity index (χ0v) is 13.1. The third kappa shape index (κ3) is 3.04. The van der Waals surface area contributed by atoms with Crippen LogP contribution in [0.1, 0.15) is 17.2 Å². The third-order valence-electron chi connectivity index (χ3n) is 3.21. The van der Waals surface area contributed by atoms with Crippen molar-refractivity contribution in [3.05, 3.63) is 57.6 Å². The van der Waals surface area contributed by atoms with Crippen LogP contribution in [-0.2, 0) is 10.5 Å². The maximum absolute atomic E-state index is 11.4. The molecule has 3 nitrogen and oxygen atoms in total. The smallest absolute Gasteiger partial charge is 0.257 e. The summed E-state index contributed by atoms with van der Waals surface area (Å²) in [6.45, 7) is 0. The molecule has 2 aromatic carbocycles. The van der Waals surface area contributed by atoms with Crippen LogP contribution in [-0.4, -0.2) is 11.0 Å². The lowest BCUT2D eigenvalue weighted by Gasteiger charge is -2.08. The van der Waals surface area contributed by atoms with Crippen LogP contribution in [0.3, 0.4) is 0 Å². The van der Waals surface area contributed by atoms with Crippen LogP contribution in [0.2, 0.25) is 10.0 Å². The van der Waals surface area contributed by atoms with Gasteiger partial charge in [-0.15, -0.1) is 11.8 Å². The summed E-state index contributed by atoms with van der Waals surface area (Å²) in [5.41, 5.74) is 2.28. The minimum absolute atomic E-state index is 0.416. The Labute approximate surface area is 136 Å². The van der Waals surface area contributed by atoms with Crippen LogP contribution in [0, 0.1) is 0 Å². The number of thioether (sulfide) groups is 1. The predicted octanol–water partition coefficient (Wildman–Crippen LogP) is 4.27. The van der Waals surface area contributed by atoms with Gasteiger partial charge in [0.05, 0.1) is 5.02 Å². The highest BCUT2D eigenvalue weighted by Crippen LogP contribution is 2.39. The first-order valence-electron chi connectivity index (χ1n) is 6.24. The molecule has 1 unspecified atom stereocenters. The van der Waals surface area contributed by atoms with Gasteiger partial charge in [0.2, 0.25) is 0 Å². The Balaban J connectivity index is 1.79. The molecule has 2 aromatic rings. The molecule has 0 bridgehead atoms. The highest BCUT2D eigenvalue weighted by Gasteiger charge is 2.29. The first-order valence-corrected chi connectivity index (χ1v) is 7.98. The number of anilines is 1. The molecule has 1 aliphatic rings. The molecule has 1 aliphatic heterocycles. The Morgan fingerprint density at radius 1 is 1.19 bits per heavy atom. The first kappa shape index (κ1) is 14.7. The van der Waals surface area contributed by atoms with Gasteiger partial charge in [-0.25, -0.2) is 0 Å². The van der Waals surface area contributed by atoms with Crippen molar-refractivity contribution in [1.29, 1.82) is 0 Å². The lowest BCUT2D eigenvalue weighted by Crippen LogP contribution is -2.10. The molecule has 0 spiro atoms. The van der Waals surface area contributed by atoms with Crippen molar-refractivity contribution in [2.45, 2.75) is 16.8 Å². The maximum Gasteiger partial charge on any atom is 0.257 e. The molecule has 0 aliphatic carbocycles. The Bertz CT molecular complexity index is 704. The molecule has 21 heavy (non-hydrogen) atoms. The van der Waals surface area contributed by atoms with Crippen LogP contribution in [0.4, 0.5) is 5.69 Å². The third-order valence-corrected chi connectivity index (χ3v) is 5.02. The summed E-state index contributed by atoms with van der Waals surface area (Å²) < 4.78 is 0. The molecular weight excluding hydrogens is 329 g/mol. The zero-order chi connectivity index (χ0) is 15.0. The molecule has 0 fully saturated rings. The summed E-state index contributed by atoms with van der Waals surface area (Å²) in [4.78, 5) is 12.3. The SMILES string of the molecule is O=C1Nc2cc(SCc3ccc(Cl)cc3)c(Cl)cc2C1O. The van der Waals surface area contributed by atoms with Crippen molar-refractivity contribution < 1.29 is 9.90 Å². The van der Waals surface area contributed by atoms with Gasteiger partial charge in [0, 0.05) is 26.9 Å². The summed E-state index contributed by atoms with van der Waals surface area (Å²) in [6, 6.07) is 11.1. The van der Waals surface area contributed by atoms with Gasteiger partial charge in [-0.1, -0.05) is 35.3 Å². The second-order valence-electron chi connectivity index (χ2n) is 4.68. The number of amides is 1. The molecule has 1 heterocycles. The van der Waals surface area contributed by atoms with Gasteiger partial charge >= 0.3 is 0 Å². The first-order chi connectivity index (χ1) is 10.0. The quantitative estimate of drug-likeness (QED) is 0.821. The summed E-state index contributed by atoms with van der Waals surface area (Å²) in [5.74, 6) is 0.326. The van der Waals surface area contributed by atoms with E-state index in [0.29, 0.717) is 21.3 Å². The monoisotopic (exact) mass is 339 g/mol. The van der Waals surface area contributed by atoms with Crippen molar-refractivity contribution in [1.82, 2.24) is 0 Å². The number of fused-ring (bicyclic) bond motifs is 1. The lowest BCUT2D eigenvalue weighted by molar-refractivity contribution is -0.123. The molecule has 0 aromatic heterocycles. The number of benzene rings is 2. The number of halogens is 2. The van der Waals surface area contributed by atoms with Crippen molar-refractivity contribution in [3.63, 3.8) is 0 Å². The number of hydrogen-bond acceptors (Lipinski definition) is 3. The number of hydrogen-bond donors (Lipinski definition) is 2. The molecule has 0 saturated carbocycles. The fraction of sp³-hybridized carbons (Fsp3) is 0.133. The largest absolute Gasteiger partial charge is 0.378 e. The number of nitrogens with one attached hydrogen (secondary N) is 1. The summed E-state index contributed by atoms with van der Waals surface area (Å²) in [5, 5.41) is 13.6. The number of rotatable bonds is 3. The van der Waals surface area contributed by atoms with Gasteiger partial charge in [0.15, 0.2) is 6.10 Å². The summed E-state index contributed by atoms with van der Waals surface area (Å²) in [7, 11) is 0. The van der Waals surface area contributed by atoms with E-state index in [4.69, 9.17) is 23.2 Å². The van der Waals surface area contributed by atoms with E-state index < -0.39 is 12.0 Å². The van der Waals surface area contributed by atoms with Crippen LogP contribution < -0.4 is 5.32 Å². The Morgan fingerprint density at radius 3 is 2.62 bits per heavy atom. The zero-order valence-electron chi connectivity index (χ0n) is 10.8. The average Bonchev–Trinajstić information content (AvgIpc) is 2.73. The molecule has 0 saturated heterocycles. The molecule has 108 valence electrons. The average molecular weight is 340 g/mol. The van der Waals surface area contributed by atoms with E-state index in [1.165, 1.54) is 0 Å². The topological polar surface area (TPSA) is 49.3 Å². The summed E-state index contributed by atoms with van der Waals surface area (Å²) in [6.07, 6.45) is -1.13. The summed E-state index contributed by atoms with van der Waals surface area (Å²) >= 11 is 13.6. The van der Waals surface area contributed by atoms with E-state index in [1.807, 2.05) is 24.3 Å². The van der Waals surface area contributed by atoms with Crippen molar-refractivity contribution in [2.24, 2.45) is 0 Å². The molecule has 3 rings (SSSR count). The van der Waals surface area contributed by atoms with E-state index >= 15 is 0 Å². The minimum atomic E-state index is -1.13. The minimum Gasteiger partial charge on any atom is -0.378 e. The standard InChI is InChI=1S/C15H11Cl2NO2S/c16-9-3-1-8(2-4-9)7-21-13-6-12-10(5-11(13)17)14(19)15(20)18-12/h1-6,14,19H,7H2,(H,18,20). The second-order valence-corrected chi connectivity index (χ2v) is 6.54. The van der Waals surface area contributed by atoms with Crippen molar-refractivity contribution in [3.8, 4) is 0 Å². The van der Waals surface area contributed by atoms with Gasteiger partial charge in [0.1, 0.15) is 0 Å². The number of carbonyl (C=O) groups excluding carboxylic acids is 1. The van der Waals surface area contributed by atoms with Gasteiger partial charge in [-0.3, -0.25) is 4.79 Å². The van der Waals surface area contributed by atoms with E-state index in [9.17, 15) is 9.90 Å². The maximum atomic E-state index is 11.4. The van der Waals surface area contributed by atoms with Crippen LogP contribution in [0.5, 0.6) is 0 Å². The second kappa shape index (κ2) is 5.89. The van der Waals surface area contributed by atoms with Crippen LogP contribution >= 0.6 is 35.0 Å². The molecule has 6 heteroatoms. The van der Waals surface area contributed by atoms with Gasteiger partial charge < -0.3 is 10.4 Å². The number of aliphatic hydroxyl groups is 1. The Hall–Kier alpha value is -1.20. The molecular formula is C15H11Cl2NO2S. The fourth-order valence-electron chi connectivity index (χ4n) is 2.10. The predicted molar refractivity (Wildman–Crippen MR) is 86.1 cm³/mol. The van der Waals surface area contributed by atoms with Crippen molar-refractivity contribution in [2.75, 3.05) is 5.32 Å². The number of aliphatic hydroxyl groups excluding tert-OH is 1. The highest BCUT2D eigenvalue weighted by atomic mass is 35.5. The molecule has 1 atom stereocenters. The van der Waals surface area contributed by atoms with Gasteiger partial charge in [-0.05, 0) is 29.8 Å². The van der Waals surface area contributed by atoms with Crippen LogP contribution in [0.15, 0.2) is 41.3 Å². The van der Waals surface area contributed by atoms with Gasteiger partial charge in [0.25, 0.3) is 5.91 Å². The molecule has 1 amide bonds. The lowest BCUT2D eigenvalue weighted by atomic mass is 10.1. The molecule has 2 N–H and O–H groups in total. The van der Waals surface area contributed by atoms with Crippen molar-refractivity contribution >= 4 is 46.6 Å². The van der Waals surface area contributed by atoms with E-state index in [-0.39, 0.29) is 0 Å². The van der Waals surface area contributed by atoms with Gasteiger partial charge in [-0.2, -0.15) is 0 Å². The van der Waals surface area contributed by atoms with E-state index in [1.54, 1.807) is 23.9 Å². The fourth-order valence-corrected chi connectivity index (χ4v) is 3.47. The number of carbonyl (C=O) groups is 1. The highest BCUT2D eigenvalue weighted by molar-refractivity contribution is 7.98. The van der Waals surface area contributed by atoms with Crippen LogP contribution in [0.25, 0.3) is 0 Å². The van der Waals surface area contributed by atoms with E-state index in [0.717, 1.165) is 16.2 Å².